The van der Waals surface area contributed by atoms with Crippen molar-refractivity contribution in [3.63, 3.8) is 0 Å². The Morgan fingerprint density at radius 2 is 1.73 bits per heavy atom. The first-order valence-electron chi connectivity index (χ1n) is 8.33. The van der Waals surface area contributed by atoms with E-state index in [1.165, 1.54) is 16.4 Å². The van der Waals surface area contributed by atoms with Crippen molar-refractivity contribution < 1.29 is 17.6 Å². The number of furan rings is 1. The smallest absolute Gasteiger partial charge is 0.257 e. The number of benzene rings is 1. The zero-order valence-corrected chi connectivity index (χ0v) is 16.5. The highest BCUT2D eigenvalue weighted by Gasteiger charge is 2.32. The van der Waals surface area contributed by atoms with Crippen LogP contribution >= 0.6 is 11.6 Å². The molecule has 0 bridgehead atoms. The van der Waals surface area contributed by atoms with Gasteiger partial charge < -0.3 is 9.32 Å². The lowest BCUT2D eigenvalue weighted by molar-refractivity contribution is 0.0695. The molecule has 2 aromatic rings. The molecule has 6 nitrogen and oxygen atoms in total. The van der Waals surface area contributed by atoms with Crippen molar-refractivity contribution in [2.24, 2.45) is 0 Å². The Balaban J connectivity index is 1.74. The number of rotatable bonds is 3. The monoisotopic (exact) mass is 396 g/mol. The number of halogens is 1. The number of amides is 1. The van der Waals surface area contributed by atoms with Crippen LogP contribution in [-0.4, -0.2) is 49.7 Å². The van der Waals surface area contributed by atoms with Crippen molar-refractivity contribution in [3.05, 3.63) is 51.9 Å². The molecule has 1 aromatic heterocycles. The Hall–Kier alpha value is -1.83. The van der Waals surface area contributed by atoms with E-state index in [4.69, 9.17) is 16.0 Å². The third-order valence-corrected chi connectivity index (χ3v) is 6.86. The molecule has 8 heteroatoms. The quantitative estimate of drug-likeness (QED) is 0.799. The van der Waals surface area contributed by atoms with Crippen LogP contribution in [0.3, 0.4) is 0 Å². The predicted octanol–water partition coefficient (Wildman–Crippen LogP) is 3.00. The van der Waals surface area contributed by atoms with E-state index in [9.17, 15) is 13.2 Å². The van der Waals surface area contributed by atoms with Crippen LogP contribution in [-0.2, 0) is 10.0 Å². The van der Waals surface area contributed by atoms with Crippen LogP contribution < -0.4 is 0 Å². The first-order valence-corrected chi connectivity index (χ1v) is 10.1. The Morgan fingerprint density at radius 3 is 2.27 bits per heavy atom. The summed E-state index contributed by atoms with van der Waals surface area (Å²) in [6.07, 6.45) is 0. The molecule has 26 heavy (non-hydrogen) atoms. The predicted molar refractivity (Wildman–Crippen MR) is 99.0 cm³/mol. The van der Waals surface area contributed by atoms with Gasteiger partial charge in [-0.1, -0.05) is 17.7 Å². The molecule has 1 saturated heterocycles. The average molecular weight is 397 g/mol. The summed E-state index contributed by atoms with van der Waals surface area (Å²) in [6.45, 7) is 6.62. The molecular formula is C18H21ClN2O4S. The summed E-state index contributed by atoms with van der Waals surface area (Å²) in [5.74, 6) is 1.21. The normalized spacial score (nSPS) is 16.1. The maximum Gasteiger partial charge on any atom is 0.257 e. The van der Waals surface area contributed by atoms with Gasteiger partial charge in [0, 0.05) is 36.8 Å². The van der Waals surface area contributed by atoms with Crippen molar-refractivity contribution in [3.8, 4) is 0 Å². The van der Waals surface area contributed by atoms with Gasteiger partial charge in [-0.3, -0.25) is 4.79 Å². The third-order valence-electron chi connectivity index (χ3n) is 4.73. The first-order chi connectivity index (χ1) is 12.2. The van der Waals surface area contributed by atoms with Crippen molar-refractivity contribution >= 4 is 27.5 Å². The molecule has 0 N–H and O–H groups in total. The lowest BCUT2D eigenvalue weighted by Gasteiger charge is -2.34. The molecule has 0 aliphatic carbocycles. The number of piperazine rings is 1. The second kappa shape index (κ2) is 7.06. The summed E-state index contributed by atoms with van der Waals surface area (Å²) in [6, 6.07) is 6.21. The van der Waals surface area contributed by atoms with Gasteiger partial charge in [0.2, 0.25) is 10.0 Å². The molecular weight excluding hydrogens is 376 g/mol. The summed E-state index contributed by atoms with van der Waals surface area (Å²) < 4.78 is 32.4. The lowest BCUT2D eigenvalue weighted by atomic mass is 10.1. The van der Waals surface area contributed by atoms with Gasteiger partial charge in [0.05, 0.1) is 10.5 Å². The largest absolute Gasteiger partial charge is 0.466 e. The van der Waals surface area contributed by atoms with E-state index in [1.807, 2.05) is 13.8 Å². The van der Waals surface area contributed by atoms with Gasteiger partial charge in [-0.2, -0.15) is 4.31 Å². The van der Waals surface area contributed by atoms with E-state index >= 15 is 0 Å². The molecule has 140 valence electrons. The Kier molecular flexibility index (Phi) is 5.14. The maximum absolute atomic E-state index is 12.8. The molecule has 0 atom stereocenters. The molecule has 1 aliphatic heterocycles. The number of hydrogen-bond acceptors (Lipinski definition) is 4. The van der Waals surface area contributed by atoms with Crippen LogP contribution in [0.1, 0.15) is 27.4 Å². The molecule has 1 aliphatic rings. The number of sulfonamides is 1. The Morgan fingerprint density at radius 1 is 1.08 bits per heavy atom. The van der Waals surface area contributed by atoms with E-state index < -0.39 is 10.0 Å². The second-order valence-electron chi connectivity index (χ2n) is 6.37. The molecule has 1 aromatic carbocycles. The summed E-state index contributed by atoms with van der Waals surface area (Å²) >= 11 is 5.91. The topological polar surface area (TPSA) is 70.8 Å². The SMILES string of the molecule is Cc1oc(C)c(C(=O)N2CCN(S(=O)(=O)c3cccc(Cl)c3)CC2)c1C. The maximum atomic E-state index is 12.8. The highest BCUT2D eigenvalue weighted by molar-refractivity contribution is 7.89. The highest BCUT2D eigenvalue weighted by Crippen LogP contribution is 2.24. The van der Waals surface area contributed by atoms with Gasteiger partial charge in [-0.05, 0) is 39.0 Å². The standard InChI is InChI=1S/C18H21ClN2O4S/c1-12-13(2)25-14(3)17(12)18(22)20-7-9-21(10-8-20)26(23,24)16-6-4-5-15(19)11-16/h4-6,11H,7-10H2,1-3H3. The van der Waals surface area contributed by atoms with Gasteiger partial charge in [-0.15, -0.1) is 0 Å². The summed E-state index contributed by atoms with van der Waals surface area (Å²) in [4.78, 5) is 14.6. The van der Waals surface area contributed by atoms with E-state index in [-0.39, 0.29) is 23.9 Å². The minimum atomic E-state index is -3.62. The van der Waals surface area contributed by atoms with Gasteiger partial charge in [0.15, 0.2) is 0 Å². The van der Waals surface area contributed by atoms with Gasteiger partial charge in [0.1, 0.15) is 11.5 Å². The zero-order chi connectivity index (χ0) is 19.1. The van der Waals surface area contributed by atoms with E-state index in [2.05, 4.69) is 0 Å². The van der Waals surface area contributed by atoms with Crippen LogP contribution in [0.25, 0.3) is 0 Å². The van der Waals surface area contributed by atoms with E-state index in [1.54, 1.807) is 24.0 Å². The molecule has 0 radical (unpaired) electrons. The van der Waals surface area contributed by atoms with Crippen LogP contribution in [0, 0.1) is 20.8 Å². The summed E-state index contributed by atoms with van der Waals surface area (Å²) in [7, 11) is -3.62. The van der Waals surface area contributed by atoms with Gasteiger partial charge in [-0.25, -0.2) is 8.42 Å². The first kappa shape index (κ1) is 18.9. The van der Waals surface area contributed by atoms with E-state index in [0.717, 1.165) is 11.3 Å². The van der Waals surface area contributed by atoms with Crippen molar-refractivity contribution in [2.45, 2.75) is 25.7 Å². The zero-order valence-electron chi connectivity index (χ0n) is 15.0. The second-order valence-corrected chi connectivity index (χ2v) is 8.74. The molecule has 0 saturated carbocycles. The molecule has 1 amide bonds. The van der Waals surface area contributed by atoms with E-state index in [0.29, 0.717) is 29.4 Å². The van der Waals surface area contributed by atoms with Crippen molar-refractivity contribution in [1.29, 1.82) is 0 Å². The van der Waals surface area contributed by atoms with Crippen LogP contribution in [0.5, 0.6) is 0 Å². The molecule has 3 rings (SSSR count). The third kappa shape index (κ3) is 3.39. The van der Waals surface area contributed by atoms with Crippen LogP contribution in [0.4, 0.5) is 0 Å². The van der Waals surface area contributed by atoms with Crippen molar-refractivity contribution in [1.82, 2.24) is 9.21 Å². The lowest BCUT2D eigenvalue weighted by Crippen LogP contribution is -2.50. The van der Waals surface area contributed by atoms with Crippen LogP contribution in [0.15, 0.2) is 33.6 Å². The molecule has 0 spiro atoms. The fourth-order valence-corrected chi connectivity index (χ4v) is 4.90. The van der Waals surface area contributed by atoms with Crippen LogP contribution in [0.2, 0.25) is 5.02 Å². The molecule has 2 heterocycles. The summed E-state index contributed by atoms with van der Waals surface area (Å²) in [5.41, 5.74) is 1.41. The Labute approximate surface area is 158 Å². The number of hydrogen-bond donors (Lipinski definition) is 0. The minimum Gasteiger partial charge on any atom is -0.466 e. The number of carbonyl (C=O) groups excluding carboxylic acids is 1. The van der Waals surface area contributed by atoms with Gasteiger partial charge >= 0.3 is 0 Å². The highest BCUT2D eigenvalue weighted by atomic mass is 35.5. The van der Waals surface area contributed by atoms with Crippen molar-refractivity contribution in [2.75, 3.05) is 26.2 Å². The minimum absolute atomic E-state index is 0.114. The average Bonchev–Trinajstić information content (AvgIpc) is 2.86. The summed E-state index contributed by atoms with van der Waals surface area (Å²) in [5, 5.41) is 0.376. The number of carbonyl (C=O) groups is 1. The fourth-order valence-electron chi connectivity index (χ4n) is 3.17. The fraction of sp³-hybridized carbons (Fsp3) is 0.389. The Bertz CT molecular complexity index is 944. The number of aryl methyl sites for hydroxylation is 2. The number of nitrogens with zero attached hydrogens (tertiary/aromatic N) is 2. The molecule has 0 unspecified atom stereocenters. The molecule has 1 fully saturated rings. The van der Waals surface area contributed by atoms with Gasteiger partial charge in [0.25, 0.3) is 5.91 Å².